The highest BCUT2D eigenvalue weighted by atomic mass is 32.1. The van der Waals surface area contributed by atoms with Crippen molar-refractivity contribution in [2.45, 2.75) is 44.9 Å². The second-order valence-electron chi connectivity index (χ2n) is 9.75. The van der Waals surface area contributed by atoms with Crippen molar-refractivity contribution < 1.29 is 27.2 Å². The van der Waals surface area contributed by atoms with E-state index >= 15 is 4.39 Å². The number of alkyl halides is 3. The Morgan fingerprint density at radius 3 is 2.47 bits per heavy atom. The van der Waals surface area contributed by atoms with E-state index in [2.05, 4.69) is 0 Å². The minimum Gasteiger partial charge on any atom is -0.334 e. The second kappa shape index (κ2) is 8.00. The first-order valence-electron chi connectivity index (χ1n) is 11.3. The SMILES string of the molecule is CC1(C)C(=O)N(c2ccc(C#N)c(C(F)(F)F)c2)C(=S)N1c1cc2c(cc1F)CN(CC1CC1)C2=O. The Hall–Kier alpha value is -3.52. The number of thiocarbonyl (C=S) groups is 1. The molecule has 2 fully saturated rings. The molecule has 0 spiro atoms. The molecular formula is C25H20F4N4O2S. The first-order chi connectivity index (χ1) is 16.8. The molecule has 0 N–H and O–H groups in total. The summed E-state index contributed by atoms with van der Waals surface area (Å²) in [6, 6.07) is 6.95. The maximum Gasteiger partial charge on any atom is 0.417 e. The minimum atomic E-state index is -4.83. The van der Waals surface area contributed by atoms with Gasteiger partial charge in [0.05, 0.1) is 28.6 Å². The summed E-state index contributed by atoms with van der Waals surface area (Å²) < 4.78 is 56.0. The molecule has 1 saturated carbocycles. The quantitative estimate of drug-likeness (QED) is 0.423. The number of carbonyl (C=O) groups is 2. The molecule has 186 valence electrons. The Bertz CT molecular complexity index is 1380. The number of carbonyl (C=O) groups excluding carboxylic acids is 2. The number of benzene rings is 2. The number of nitrogens with zero attached hydrogens (tertiary/aromatic N) is 4. The molecule has 36 heavy (non-hydrogen) atoms. The van der Waals surface area contributed by atoms with E-state index in [1.54, 1.807) is 4.90 Å². The van der Waals surface area contributed by atoms with Crippen LogP contribution in [0.25, 0.3) is 0 Å². The molecule has 0 radical (unpaired) electrons. The van der Waals surface area contributed by atoms with Gasteiger partial charge in [-0.2, -0.15) is 18.4 Å². The lowest BCUT2D eigenvalue weighted by molar-refractivity contribution is -0.137. The summed E-state index contributed by atoms with van der Waals surface area (Å²) in [4.78, 5) is 30.1. The van der Waals surface area contributed by atoms with Crippen molar-refractivity contribution in [2.75, 3.05) is 16.3 Å². The van der Waals surface area contributed by atoms with E-state index in [0.29, 0.717) is 36.2 Å². The summed E-state index contributed by atoms with van der Waals surface area (Å²) in [6.07, 6.45) is -2.72. The number of rotatable bonds is 4. The van der Waals surface area contributed by atoms with Crippen molar-refractivity contribution in [3.63, 3.8) is 0 Å². The van der Waals surface area contributed by atoms with Crippen LogP contribution in [0, 0.1) is 23.1 Å². The van der Waals surface area contributed by atoms with Gasteiger partial charge >= 0.3 is 6.18 Å². The van der Waals surface area contributed by atoms with Crippen molar-refractivity contribution in [3.8, 4) is 6.07 Å². The molecule has 0 bridgehead atoms. The molecule has 2 aromatic carbocycles. The predicted molar refractivity (Wildman–Crippen MR) is 127 cm³/mol. The molecule has 3 aliphatic rings. The fraction of sp³-hybridized carbons (Fsp3) is 0.360. The molecule has 0 unspecified atom stereocenters. The molecular weight excluding hydrogens is 496 g/mol. The van der Waals surface area contributed by atoms with E-state index < -0.39 is 34.6 Å². The third kappa shape index (κ3) is 3.71. The molecule has 1 aliphatic carbocycles. The molecule has 6 nitrogen and oxygen atoms in total. The zero-order valence-electron chi connectivity index (χ0n) is 19.3. The van der Waals surface area contributed by atoms with Crippen LogP contribution in [0.3, 0.4) is 0 Å². The van der Waals surface area contributed by atoms with Crippen LogP contribution in [0.4, 0.5) is 28.9 Å². The monoisotopic (exact) mass is 516 g/mol. The van der Waals surface area contributed by atoms with Gasteiger partial charge in [-0.3, -0.25) is 14.5 Å². The Morgan fingerprint density at radius 1 is 1.17 bits per heavy atom. The molecule has 1 saturated heterocycles. The lowest BCUT2D eigenvalue weighted by Gasteiger charge is -2.30. The van der Waals surface area contributed by atoms with E-state index in [0.717, 1.165) is 23.8 Å². The van der Waals surface area contributed by atoms with Gasteiger partial charge in [-0.1, -0.05) is 0 Å². The average molecular weight is 517 g/mol. The first kappa shape index (κ1) is 24.2. The summed E-state index contributed by atoms with van der Waals surface area (Å²) in [6.45, 7) is 3.85. The predicted octanol–water partition coefficient (Wildman–Crippen LogP) is 5.00. The Balaban J connectivity index is 1.55. The van der Waals surface area contributed by atoms with Gasteiger partial charge in [0, 0.05) is 18.7 Å². The lowest BCUT2D eigenvalue weighted by Crippen LogP contribution is -2.44. The number of nitriles is 1. The molecule has 2 aliphatic heterocycles. The third-order valence-corrected chi connectivity index (χ3v) is 7.19. The topological polar surface area (TPSA) is 67.7 Å². The molecule has 11 heteroatoms. The van der Waals surface area contributed by atoms with Crippen molar-refractivity contribution >= 4 is 40.5 Å². The highest BCUT2D eigenvalue weighted by Gasteiger charge is 2.52. The van der Waals surface area contributed by atoms with Gasteiger partial charge in [-0.25, -0.2) is 4.39 Å². The minimum absolute atomic E-state index is 0.106. The summed E-state index contributed by atoms with van der Waals surface area (Å²) in [5.41, 5.74) is -2.72. The van der Waals surface area contributed by atoms with Crippen LogP contribution in [-0.4, -0.2) is 33.9 Å². The maximum atomic E-state index is 15.4. The van der Waals surface area contributed by atoms with Crippen LogP contribution in [0.5, 0.6) is 0 Å². The van der Waals surface area contributed by atoms with Crippen molar-refractivity contribution in [2.24, 2.45) is 5.92 Å². The van der Waals surface area contributed by atoms with Crippen LogP contribution < -0.4 is 9.80 Å². The summed E-state index contributed by atoms with van der Waals surface area (Å²) >= 11 is 5.48. The maximum absolute atomic E-state index is 15.4. The van der Waals surface area contributed by atoms with Gasteiger partial charge in [-0.15, -0.1) is 0 Å². The fourth-order valence-corrected chi connectivity index (χ4v) is 5.26. The summed E-state index contributed by atoms with van der Waals surface area (Å²) in [5.74, 6) is -1.15. The first-order valence-corrected chi connectivity index (χ1v) is 11.7. The Morgan fingerprint density at radius 2 is 1.86 bits per heavy atom. The normalized spacial score (nSPS) is 19.2. The van der Waals surface area contributed by atoms with Crippen molar-refractivity contribution in [3.05, 3.63) is 58.4 Å². The highest BCUT2D eigenvalue weighted by molar-refractivity contribution is 7.81. The van der Waals surface area contributed by atoms with E-state index in [-0.39, 0.29) is 22.4 Å². The second-order valence-corrected chi connectivity index (χ2v) is 10.1. The zero-order chi connectivity index (χ0) is 26.2. The standard InChI is InChI=1S/C25H20F4N4O2S/c1-24(2)22(35)32(16-6-5-14(10-30)18(8-16)25(27,28)29)23(36)33(24)20-9-17-15(7-19(20)26)12-31(21(17)34)11-13-3-4-13/h5-9,13H,3-4,11-12H2,1-2H3. The van der Waals surface area contributed by atoms with E-state index in [9.17, 15) is 22.8 Å². The van der Waals surface area contributed by atoms with Gasteiger partial charge in [0.15, 0.2) is 5.11 Å². The van der Waals surface area contributed by atoms with Crippen LogP contribution in [-0.2, 0) is 17.5 Å². The van der Waals surface area contributed by atoms with E-state index in [4.69, 9.17) is 17.5 Å². The van der Waals surface area contributed by atoms with Crippen LogP contribution >= 0.6 is 12.2 Å². The van der Waals surface area contributed by atoms with Crippen LogP contribution in [0.15, 0.2) is 30.3 Å². The Kier molecular flexibility index (Phi) is 5.37. The van der Waals surface area contributed by atoms with Gasteiger partial charge in [0.25, 0.3) is 11.8 Å². The largest absolute Gasteiger partial charge is 0.417 e. The smallest absolute Gasteiger partial charge is 0.334 e. The third-order valence-electron chi connectivity index (χ3n) is 6.82. The summed E-state index contributed by atoms with van der Waals surface area (Å²) in [7, 11) is 0. The van der Waals surface area contributed by atoms with Gasteiger partial charge in [0.1, 0.15) is 11.4 Å². The van der Waals surface area contributed by atoms with Gasteiger partial charge < -0.3 is 9.80 Å². The fourth-order valence-electron chi connectivity index (χ4n) is 4.74. The molecule has 5 rings (SSSR count). The summed E-state index contributed by atoms with van der Waals surface area (Å²) in [5, 5.41) is 8.84. The highest BCUT2D eigenvalue weighted by Crippen LogP contribution is 2.42. The molecule has 0 aromatic heterocycles. The number of amides is 2. The lowest BCUT2D eigenvalue weighted by atomic mass is 10.0. The van der Waals surface area contributed by atoms with Gasteiger partial charge in [0.2, 0.25) is 0 Å². The van der Waals surface area contributed by atoms with Crippen LogP contribution in [0.1, 0.15) is 53.7 Å². The van der Waals surface area contributed by atoms with Crippen LogP contribution in [0.2, 0.25) is 0 Å². The molecule has 2 aromatic rings. The van der Waals surface area contributed by atoms with E-state index in [1.165, 1.54) is 43.0 Å². The molecule has 2 amide bonds. The Labute approximate surface area is 209 Å². The average Bonchev–Trinajstić information content (AvgIpc) is 3.54. The molecule has 0 atom stereocenters. The number of hydrogen-bond donors (Lipinski definition) is 0. The van der Waals surface area contributed by atoms with E-state index in [1.807, 2.05) is 0 Å². The van der Waals surface area contributed by atoms with Crippen molar-refractivity contribution in [1.82, 2.24) is 4.90 Å². The molecule has 2 heterocycles. The number of fused-ring (bicyclic) bond motifs is 1. The zero-order valence-corrected chi connectivity index (χ0v) is 20.1. The van der Waals surface area contributed by atoms with Gasteiger partial charge in [-0.05, 0) is 80.7 Å². The number of hydrogen-bond acceptors (Lipinski definition) is 4. The number of halogens is 4. The number of anilines is 2. The van der Waals surface area contributed by atoms with Crippen molar-refractivity contribution in [1.29, 1.82) is 5.26 Å².